The maximum atomic E-state index is 12.9. The minimum absolute atomic E-state index is 0.00652. The molecule has 1 aliphatic heterocycles. The first kappa shape index (κ1) is 19.1. The van der Waals surface area contributed by atoms with Gasteiger partial charge in [0.1, 0.15) is 5.69 Å². The monoisotopic (exact) mass is 394 g/mol. The number of H-pyrrole nitrogens is 1. The Morgan fingerprint density at radius 2 is 1.93 bits per heavy atom. The van der Waals surface area contributed by atoms with Gasteiger partial charge in [-0.05, 0) is 11.6 Å². The number of fused-ring (bicyclic) bond motifs is 1. The lowest BCUT2D eigenvalue weighted by Crippen LogP contribution is -2.41. The number of carbonyl (C=O) groups excluding carboxylic acids is 1. The van der Waals surface area contributed by atoms with Crippen molar-refractivity contribution < 1.29 is 14.5 Å². The van der Waals surface area contributed by atoms with Gasteiger partial charge in [-0.25, -0.2) is 0 Å². The number of nitro benzene ring substituents is 1. The predicted molar refractivity (Wildman–Crippen MR) is 110 cm³/mol. The van der Waals surface area contributed by atoms with E-state index >= 15 is 0 Å². The second-order valence-corrected chi connectivity index (χ2v) is 6.94. The number of aromatic amines is 1. The zero-order valence-corrected chi connectivity index (χ0v) is 15.9. The highest BCUT2D eigenvalue weighted by Gasteiger charge is 2.21. The molecule has 8 nitrogen and oxygen atoms in total. The first-order chi connectivity index (χ1) is 14.1. The number of benzene rings is 2. The van der Waals surface area contributed by atoms with E-state index in [9.17, 15) is 14.9 Å². The Morgan fingerprint density at radius 1 is 1.17 bits per heavy atom. The van der Waals surface area contributed by atoms with Gasteiger partial charge in [-0.3, -0.25) is 19.8 Å². The fraction of sp³-hybridized carbons (Fsp3) is 0.286. The van der Waals surface area contributed by atoms with Crippen LogP contribution in [0.15, 0.2) is 48.5 Å². The van der Waals surface area contributed by atoms with Gasteiger partial charge in [-0.15, -0.1) is 0 Å². The topological polar surface area (TPSA) is 100 Å². The largest absolute Gasteiger partial charge is 0.379 e. The lowest BCUT2D eigenvalue weighted by atomic mass is 10.0. The van der Waals surface area contributed by atoms with Crippen molar-refractivity contribution in [3.63, 3.8) is 0 Å². The summed E-state index contributed by atoms with van der Waals surface area (Å²) in [6.45, 7) is 4.42. The predicted octanol–water partition coefficient (Wildman–Crippen LogP) is 2.81. The molecule has 1 fully saturated rings. The van der Waals surface area contributed by atoms with Gasteiger partial charge in [0.25, 0.3) is 11.6 Å². The molecular formula is C21H22N4O4. The highest BCUT2D eigenvalue weighted by molar-refractivity contribution is 6.10. The lowest BCUT2D eigenvalue weighted by Gasteiger charge is -2.26. The average Bonchev–Trinajstić information content (AvgIpc) is 3.14. The van der Waals surface area contributed by atoms with E-state index in [0.717, 1.165) is 25.2 Å². The maximum absolute atomic E-state index is 12.9. The molecular weight excluding hydrogens is 372 g/mol. The number of nitrogens with one attached hydrogen (secondary N) is 2. The Morgan fingerprint density at radius 3 is 2.66 bits per heavy atom. The summed E-state index contributed by atoms with van der Waals surface area (Å²) in [6, 6.07) is 14.0. The SMILES string of the molecule is O=C(NCCN1CCOCC1)c1[nH]c2ccc([N+](=O)[O-])cc2c1-c1ccccc1. The van der Waals surface area contributed by atoms with Crippen LogP contribution in [0, 0.1) is 10.1 Å². The molecule has 4 rings (SSSR count). The molecule has 1 saturated heterocycles. The minimum atomic E-state index is -0.427. The zero-order valence-electron chi connectivity index (χ0n) is 15.9. The van der Waals surface area contributed by atoms with Crippen LogP contribution in [0.25, 0.3) is 22.0 Å². The molecule has 1 aromatic heterocycles. The van der Waals surface area contributed by atoms with Gasteiger partial charge in [0.05, 0.1) is 18.1 Å². The molecule has 2 aromatic carbocycles. The molecule has 0 saturated carbocycles. The second-order valence-electron chi connectivity index (χ2n) is 6.94. The van der Waals surface area contributed by atoms with Crippen molar-refractivity contribution in [2.45, 2.75) is 0 Å². The third-order valence-electron chi connectivity index (χ3n) is 5.10. The van der Waals surface area contributed by atoms with Crippen LogP contribution < -0.4 is 5.32 Å². The summed E-state index contributed by atoms with van der Waals surface area (Å²) in [5.41, 5.74) is 2.60. The molecule has 0 spiro atoms. The normalized spacial score (nSPS) is 14.8. The number of rotatable bonds is 6. The van der Waals surface area contributed by atoms with Gasteiger partial charge in [-0.2, -0.15) is 0 Å². The highest BCUT2D eigenvalue weighted by Crippen LogP contribution is 2.34. The van der Waals surface area contributed by atoms with Crippen LogP contribution in [-0.2, 0) is 4.74 Å². The molecule has 150 valence electrons. The van der Waals surface area contributed by atoms with Crippen molar-refractivity contribution in [2.75, 3.05) is 39.4 Å². The number of amides is 1. The van der Waals surface area contributed by atoms with Crippen molar-refractivity contribution in [3.05, 3.63) is 64.3 Å². The molecule has 2 heterocycles. The van der Waals surface area contributed by atoms with Crippen molar-refractivity contribution in [1.82, 2.24) is 15.2 Å². The van der Waals surface area contributed by atoms with E-state index in [1.165, 1.54) is 12.1 Å². The second kappa shape index (κ2) is 8.42. The van der Waals surface area contributed by atoms with E-state index in [4.69, 9.17) is 4.74 Å². The first-order valence-corrected chi connectivity index (χ1v) is 9.57. The van der Waals surface area contributed by atoms with Crippen molar-refractivity contribution >= 4 is 22.5 Å². The Hall–Kier alpha value is -3.23. The van der Waals surface area contributed by atoms with Crippen LogP contribution >= 0.6 is 0 Å². The number of carbonyl (C=O) groups is 1. The molecule has 1 amide bonds. The van der Waals surface area contributed by atoms with Gasteiger partial charge in [0.2, 0.25) is 0 Å². The van der Waals surface area contributed by atoms with Crippen LogP contribution in [0.2, 0.25) is 0 Å². The fourth-order valence-corrected chi connectivity index (χ4v) is 3.61. The molecule has 2 N–H and O–H groups in total. The van der Waals surface area contributed by atoms with Gasteiger partial charge < -0.3 is 15.0 Å². The molecule has 29 heavy (non-hydrogen) atoms. The molecule has 1 aliphatic rings. The summed E-state index contributed by atoms with van der Waals surface area (Å²) in [6.07, 6.45) is 0. The summed E-state index contributed by atoms with van der Waals surface area (Å²) in [5, 5.41) is 14.9. The third-order valence-corrected chi connectivity index (χ3v) is 5.10. The Bertz CT molecular complexity index is 1030. The Balaban J connectivity index is 1.63. The molecule has 3 aromatic rings. The Labute approximate surface area is 167 Å². The molecule has 0 radical (unpaired) electrons. The van der Waals surface area contributed by atoms with Crippen molar-refractivity contribution in [1.29, 1.82) is 0 Å². The number of aromatic nitrogens is 1. The van der Waals surface area contributed by atoms with Gasteiger partial charge in [-0.1, -0.05) is 30.3 Å². The summed E-state index contributed by atoms with van der Waals surface area (Å²) in [5.74, 6) is -0.226. The summed E-state index contributed by atoms with van der Waals surface area (Å²) in [4.78, 5) is 29.1. The van der Waals surface area contributed by atoms with Crippen LogP contribution in [0.3, 0.4) is 0 Å². The third kappa shape index (κ3) is 4.13. The van der Waals surface area contributed by atoms with Crippen molar-refractivity contribution in [2.24, 2.45) is 0 Å². The number of morpholine rings is 1. The number of nitro groups is 1. The number of nitrogens with zero attached hydrogens (tertiary/aromatic N) is 2. The van der Waals surface area contributed by atoms with E-state index in [1.54, 1.807) is 6.07 Å². The lowest BCUT2D eigenvalue weighted by molar-refractivity contribution is -0.384. The van der Waals surface area contributed by atoms with Crippen LogP contribution in [0.4, 0.5) is 5.69 Å². The van der Waals surface area contributed by atoms with Crippen LogP contribution in [0.1, 0.15) is 10.5 Å². The molecule has 0 bridgehead atoms. The van der Waals surface area contributed by atoms with E-state index in [1.807, 2.05) is 30.3 Å². The van der Waals surface area contributed by atoms with Crippen LogP contribution in [0.5, 0.6) is 0 Å². The van der Waals surface area contributed by atoms with Gasteiger partial charge in [0, 0.05) is 54.8 Å². The number of ether oxygens (including phenoxy) is 1. The van der Waals surface area contributed by atoms with Crippen molar-refractivity contribution in [3.8, 4) is 11.1 Å². The summed E-state index contributed by atoms with van der Waals surface area (Å²) < 4.78 is 5.34. The Kier molecular flexibility index (Phi) is 5.55. The summed E-state index contributed by atoms with van der Waals surface area (Å²) >= 11 is 0. The smallest absolute Gasteiger partial charge is 0.270 e. The zero-order chi connectivity index (χ0) is 20.2. The highest BCUT2D eigenvalue weighted by atomic mass is 16.6. The number of non-ortho nitro benzene ring substituents is 1. The summed E-state index contributed by atoms with van der Waals surface area (Å²) in [7, 11) is 0. The maximum Gasteiger partial charge on any atom is 0.270 e. The molecule has 0 atom stereocenters. The molecule has 0 aliphatic carbocycles. The minimum Gasteiger partial charge on any atom is -0.379 e. The number of hydrogen-bond acceptors (Lipinski definition) is 5. The van der Waals surface area contributed by atoms with E-state index in [-0.39, 0.29) is 11.6 Å². The van der Waals surface area contributed by atoms with E-state index < -0.39 is 4.92 Å². The number of hydrogen-bond donors (Lipinski definition) is 2. The van der Waals surface area contributed by atoms with Crippen LogP contribution in [-0.4, -0.2) is 60.1 Å². The standard InChI is InChI=1S/C21H22N4O4/c26-21(22-8-9-24-10-12-29-13-11-24)20-19(15-4-2-1-3-5-15)17-14-16(25(27)28)6-7-18(17)23-20/h1-7,14,23H,8-13H2,(H,22,26). The average molecular weight is 394 g/mol. The van der Waals surface area contributed by atoms with E-state index in [0.29, 0.717) is 41.9 Å². The van der Waals surface area contributed by atoms with Gasteiger partial charge >= 0.3 is 0 Å². The fourth-order valence-electron chi connectivity index (χ4n) is 3.61. The molecule has 8 heteroatoms. The quantitative estimate of drug-likeness (QED) is 0.495. The first-order valence-electron chi connectivity index (χ1n) is 9.57. The van der Waals surface area contributed by atoms with E-state index in [2.05, 4.69) is 15.2 Å². The van der Waals surface area contributed by atoms with Gasteiger partial charge in [0.15, 0.2) is 0 Å². The molecule has 0 unspecified atom stereocenters.